The molecule has 0 aromatic heterocycles. The molecule has 1 aliphatic carbocycles. The van der Waals surface area contributed by atoms with Crippen molar-refractivity contribution < 1.29 is 14.3 Å². The summed E-state index contributed by atoms with van der Waals surface area (Å²) in [5.41, 5.74) is 4.57. The average Bonchev–Trinajstić information content (AvgIpc) is 2.97. The highest BCUT2D eigenvalue weighted by atomic mass is 16.5. The lowest BCUT2D eigenvalue weighted by atomic mass is 9.98. The summed E-state index contributed by atoms with van der Waals surface area (Å²) in [6, 6.07) is 17.9. The summed E-state index contributed by atoms with van der Waals surface area (Å²) in [5, 5.41) is 13.1. The molecule has 25 heavy (non-hydrogen) atoms. The van der Waals surface area contributed by atoms with E-state index in [1.807, 2.05) is 36.4 Å². The number of amides is 2. The van der Waals surface area contributed by atoms with Crippen LogP contribution in [0.4, 0.5) is 4.79 Å². The number of nitrogens with zero attached hydrogens (tertiary/aromatic N) is 1. The minimum atomic E-state index is -0.658. The van der Waals surface area contributed by atoms with Crippen LogP contribution in [0.2, 0.25) is 0 Å². The van der Waals surface area contributed by atoms with E-state index >= 15 is 0 Å². The van der Waals surface area contributed by atoms with Crippen molar-refractivity contribution >= 4 is 12.0 Å². The summed E-state index contributed by atoms with van der Waals surface area (Å²) in [6.07, 6.45) is -0.658. The molecular formula is C19H17N3O3. The fraction of sp³-hybridized carbons (Fsp3) is 0.211. The van der Waals surface area contributed by atoms with Gasteiger partial charge in [-0.15, -0.1) is 0 Å². The molecule has 2 N–H and O–H groups in total. The zero-order valence-electron chi connectivity index (χ0n) is 13.5. The molecule has 0 unspecified atom stereocenters. The van der Waals surface area contributed by atoms with Gasteiger partial charge in [0.15, 0.2) is 0 Å². The van der Waals surface area contributed by atoms with E-state index in [1.54, 1.807) is 6.07 Å². The summed E-state index contributed by atoms with van der Waals surface area (Å²) in [7, 11) is 0. The second-order valence-electron chi connectivity index (χ2n) is 5.61. The molecule has 3 rings (SSSR count). The van der Waals surface area contributed by atoms with Gasteiger partial charge < -0.3 is 15.4 Å². The van der Waals surface area contributed by atoms with Crippen molar-refractivity contribution in [3.05, 3.63) is 59.7 Å². The van der Waals surface area contributed by atoms with Crippen molar-refractivity contribution in [1.29, 1.82) is 5.26 Å². The molecule has 0 heterocycles. The minimum Gasteiger partial charge on any atom is -0.449 e. The van der Waals surface area contributed by atoms with Crippen molar-refractivity contribution in [3.8, 4) is 17.2 Å². The number of nitriles is 1. The Kier molecular flexibility index (Phi) is 4.95. The second-order valence-corrected chi connectivity index (χ2v) is 5.61. The van der Waals surface area contributed by atoms with Crippen molar-refractivity contribution in [2.24, 2.45) is 0 Å². The molecular weight excluding hydrogens is 318 g/mol. The molecule has 2 amide bonds. The van der Waals surface area contributed by atoms with Crippen LogP contribution in [-0.2, 0) is 9.53 Å². The lowest BCUT2D eigenvalue weighted by molar-refractivity contribution is -0.119. The van der Waals surface area contributed by atoms with Crippen LogP contribution >= 0.6 is 0 Å². The van der Waals surface area contributed by atoms with Gasteiger partial charge >= 0.3 is 6.09 Å². The standard InChI is InChI=1S/C19H17N3O3/c20-9-10-21-18(23)11-22-19(24)25-12-17-15-7-3-1-5-13(15)14-6-2-4-8-16(14)17/h1-8,17H,10-12H2,(H,21,23)(H,22,24). The Morgan fingerprint density at radius 3 is 2.20 bits per heavy atom. The number of benzene rings is 2. The summed E-state index contributed by atoms with van der Waals surface area (Å²) in [5.74, 6) is -0.458. The number of carbonyl (C=O) groups excluding carboxylic acids is 2. The topological polar surface area (TPSA) is 91.2 Å². The predicted octanol–water partition coefficient (Wildman–Crippen LogP) is 2.16. The number of hydrogen-bond acceptors (Lipinski definition) is 4. The third-order valence-corrected chi connectivity index (χ3v) is 4.10. The Bertz CT molecular complexity index is 796. The molecule has 126 valence electrons. The molecule has 0 bridgehead atoms. The summed E-state index contributed by atoms with van der Waals surface area (Å²) >= 11 is 0. The molecule has 6 nitrogen and oxygen atoms in total. The molecule has 6 heteroatoms. The van der Waals surface area contributed by atoms with E-state index in [0.717, 1.165) is 22.3 Å². The normalized spacial score (nSPS) is 11.8. The Morgan fingerprint density at radius 1 is 1.00 bits per heavy atom. The molecule has 0 fully saturated rings. The van der Waals surface area contributed by atoms with Crippen LogP contribution in [0.1, 0.15) is 17.0 Å². The van der Waals surface area contributed by atoms with Gasteiger partial charge in [-0.2, -0.15) is 5.26 Å². The van der Waals surface area contributed by atoms with Crippen LogP contribution in [0.3, 0.4) is 0 Å². The molecule has 0 saturated carbocycles. The highest BCUT2D eigenvalue weighted by Crippen LogP contribution is 2.44. The van der Waals surface area contributed by atoms with Crippen LogP contribution in [-0.4, -0.2) is 31.7 Å². The van der Waals surface area contributed by atoms with Gasteiger partial charge in [0.2, 0.25) is 5.91 Å². The Balaban J connectivity index is 1.61. The zero-order valence-corrected chi connectivity index (χ0v) is 13.5. The Morgan fingerprint density at radius 2 is 1.60 bits per heavy atom. The summed E-state index contributed by atoms with van der Waals surface area (Å²) in [4.78, 5) is 23.2. The maximum atomic E-state index is 11.8. The summed E-state index contributed by atoms with van der Waals surface area (Å²) < 4.78 is 5.30. The van der Waals surface area contributed by atoms with E-state index in [-0.39, 0.29) is 25.6 Å². The number of fused-ring (bicyclic) bond motifs is 3. The monoisotopic (exact) mass is 335 g/mol. The highest BCUT2D eigenvalue weighted by molar-refractivity contribution is 5.82. The first-order chi connectivity index (χ1) is 12.2. The van der Waals surface area contributed by atoms with Gasteiger partial charge in [-0.25, -0.2) is 4.79 Å². The quantitative estimate of drug-likeness (QED) is 0.819. The third-order valence-electron chi connectivity index (χ3n) is 4.10. The van der Waals surface area contributed by atoms with Crippen molar-refractivity contribution in [2.75, 3.05) is 19.7 Å². The number of alkyl carbamates (subject to hydrolysis) is 1. The van der Waals surface area contributed by atoms with Crippen LogP contribution in [0.25, 0.3) is 11.1 Å². The van der Waals surface area contributed by atoms with E-state index in [2.05, 4.69) is 22.8 Å². The zero-order chi connectivity index (χ0) is 17.6. The highest BCUT2D eigenvalue weighted by Gasteiger charge is 2.28. The lowest BCUT2D eigenvalue weighted by Gasteiger charge is -2.14. The van der Waals surface area contributed by atoms with Crippen LogP contribution in [0, 0.1) is 11.3 Å². The number of hydrogen-bond donors (Lipinski definition) is 2. The third kappa shape index (κ3) is 3.61. The van der Waals surface area contributed by atoms with E-state index < -0.39 is 12.0 Å². The second kappa shape index (κ2) is 7.49. The molecule has 0 spiro atoms. The molecule has 0 atom stereocenters. The Labute approximate surface area is 145 Å². The fourth-order valence-electron chi connectivity index (χ4n) is 3.00. The first-order valence-corrected chi connectivity index (χ1v) is 7.93. The first kappa shape index (κ1) is 16.5. The predicted molar refractivity (Wildman–Crippen MR) is 91.7 cm³/mol. The van der Waals surface area contributed by atoms with Crippen molar-refractivity contribution in [3.63, 3.8) is 0 Å². The van der Waals surface area contributed by atoms with E-state index in [0.29, 0.717) is 0 Å². The fourth-order valence-corrected chi connectivity index (χ4v) is 3.00. The van der Waals surface area contributed by atoms with Crippen molar-refractivity contribution in [2.45, 2.75) is 5.92 Å². The SMILES string of the molecule is N#CCNC(=O)CNC(=O)OCC1c2ccccc2-c2ccccc21. The molecule has 2 aromatic carbocycles. The maximum Gasteiger partial charge on any atom is 0.407 e. The minimum absolute atomic E-state index is 0.0226. The van der Waals surface area contributed by atoms with Gasteiger partial charge in [0.1, 0.15) is 19.7 Å². The average molecular weight is 335 g/mol. The molecule has 0 saturated heterocycles. The Hall–Kier alpha value is -3.33. The van der Waals surface area contributed by atoms with E-state index in [1.165, 1.54) is 0 Å². The number of nitrogens with one attached hydrogen (secondary N) is 2. The number of carbonyl (C=O) groups is 2. The smallest absolute Gasteiger partial charge is 0.407 e. The number of ether oxygens (including phenoxy) is 1. The van der Waals surface area contributed by atoms with Crippen LogP contribution < -0.4 is 10.6 Å². The van der Waals surface area contributed by atoms with Gasteiger partial charge in [-0.3, -0.25) is 4.79 Å². The molecule has 0 aliphatic heterocycles. The van der Waals surface area contributed by atoms with Gasteiger partial charge in [0, 0.05) is 5.92 Å². The largest absolute Gasteiger partial charge is 0.449 e. The molecule has 2 aromatic rings. The van der Waals surface area contributed by atoms with Gasteiger partial charge in [-0.05, 0) is 22.3 Å². The van der Waals surface area contributed by atoms with Gasteiger partial charge in [0.25, 0.3) is 0 Å². The first-order valence-electron chi connectivity index (χ1n) is 7.93. The van der Waals surface area contributed by atoms with E-state index in [9.17, 15) is 9.59 Å². The van der Waals surface area contributed by atoms with Crippen LogP contribution in [0.15, 0.2) is 48.5 Å². The van der Waals surface area contributed by atoms with E-state index in [4.69, 9.17) is 10.00 Å². The van der Waals surface area contributed by atoms with Gasteiger partial charge in [0.05, 0.1) is 6.07 Å². The molecule has 1 aliphatic rings. The van der Waals surface area contributed by atoms with Gasteiger partial charge in [-0.1, -0.05) is 48.5 Å². The van der Waals surface area contributed by atoms with Crippen LogP contribution in [0.5, 0.6) is 0 Å². The molecule has 0 radical (unpaired) electrons. The lowest BCUT2D eigenvalue weighted by Crippen LogP contribution is -2.37. The van der Waals surface area contributed by atoms with Crippen molar-refractivity contribution in [1.82, 2.24) is 10.6 Å². The number of rotatable bonds is 5. The summed E-state index contributed by atoms with van der Waals surface area (Å²) in [6.45, 7) is -0.122. The maximum absolute atomic E-state index is 11.8.